The fourth-order valence-corrected chi connectivity index (χ4v) is 3.54. The van der Waals surface area contributed by atoms with Crippen molar-refractivity contribution in [3.05, 3.63) is 29.8 Å². The average molecular weight is 449 g/mol. The van der Waals surface area contributed by atoms with Crippen LogP contribution in [0, 0.1) is 0 Å². The van der Waals surface area contributed by atoms with Gasteiger partial charge in [-0.05, 0) is 30.7 Å². The number of unbranched alkanes of at least 4 members (excludes halogenated alkanes) is 12. The van der Waals surface area contributed by atoms with Crippen molar-refractivity contribution >= 4 is 12.3 Å². The topological polar surface area (TPSA) is 61.8 Å². The zero-order valence-corrected chi connectivity index (χ0v) is 20.2. The van der Waals surface area contributed by atoms with Crippen LogP contribution < -0.4 is 4.74 Å². The van der Waals surface area contributed by atoms with Gasteiger partial charge in [0, 0.05) is 12.0 Å². The van der Waals surface area contributed by atoms with Crippen molar-refractivity contribution in [1.82, 2.24) is 0 Å². The SMILES string of the molecule is CCCCCCCCCCCCCCCC(=O)OCCOCCOc1ccc(C=O)cc1. The first kappa shape index (κ1) is 28.2. The maximum absolute atomic E-state index is 11.7. The van der Waals surface area contributed by atoms with Crippen LogP contribution in [0.15, 0.2) is 24.3 Å². The van der Waals surface area contributed by atoms with Crippen molar-refractivity contribution in [1.29, 1.82) is 0 Å². The molecule has 1 aromatic carbocycles. The zero-order chi connectivity index (χ0) is 23.1. The van der Waals surface area contributed by atoms with Gasteiger partial charge >= 0.3 is 5.97 Å². The van der Waals surface area contributed by atoms with E-state index in [1.165, 1.54) is 70.6 Å². The molecule has 0 N–H and O–H groups in total. The molecule has 0 saturated heterocycles. The van der Waals surface area contributed by atoms with Gasteiger partial charge in [0.15, 0.2) is 0 Å². The van der Waals surface area contributed by atoms with Crippen LogP contribution in [0.4, 0.5) is 0 Å². The van der Waals surface area contributed by atoms with Crippen molar-refractivity contribution in [2.45, 2.75) is 96.8 Å². The highest BCUT2D eigenvalue weighted by Crippen LogP contribution is 2.13. The number of esters is 1. The van der Waals surface area contributed by atoms with Gasteiger partial charge in [0.2, 0.25) is 0 Å². The molecule has 0 saturated carbocycles. The van der Waals surface area contributed by atoms with E-state index in [-0.39, 0.29) is 12.6 Å². The first-order chi connectivity index (χ1) is 15.8. The second kappa shape index (κ2) is 21.0. The predicted molar refractivity (Wildman–Crippen MR) is 129 cm³/mol. The van der Waals surface area contributed by atoms with E-state index >= 15 is 0 Å². The molecule has 0 aliphatic carbocycles. The van der Waals surface area contributed by atoms with Gasteiger partial charge < -0.3 is 14.2 Å². The van der Waals surface area contributed by atoms with Crippen molar-refractivity contribution in [2.24, 2.45) is 0 Å². The molecular weight excluding hydrogens is 404 g/mol. The molecule has 5 heteroatoms. The summed E-state index contributed by atoms with van der Waals surface area (Å²) in [4.78, 5) is 22.3. The average Bonchev–Trinajstić information content (AvgIpc) is 2.81. The summed E-state index contributed by atoms with van der Waals surface area (Å²) in [5, 5.41) is 0. The lowest BCUT2D eigenvalue weighted by molar-refractivity contribution is -0.145. The number of carbonyl (C=O) groups excluding carboxylic acids is 2. The molecule has 0 fully saturated rings. The standard InChI is InChI=1S/C27H44O5/c1-2-3-4-5-6-7-8-9-10-11-12-13-14-15-27(29)32-23-21-30-20-22-31-26-18-16-25(24-28)17-19-26/h16-19,24H,2-15,20-23H2,1H3. The third-order valence-corrected chi connectivity index (χ3v) is 5.49. The van der Waals surface area contributed by atoms with Crippen LogP contribution in [0.2, 0.25) is 0 Å². The lowest BCUT2D eigenvalue weighted by Crippen LogP contribution is -2.13. The molecular formula is C27H44O5. The van der Waals surface area contributed by atoms with Gasteiger partial charge in [0.25, 0.3) is 0 Å². The van der Waals surface area contributed by atoms with Crippen molar-refractivity contribution in [3.63, 3.8) is 0 Å². The van der Waals surface area contributed by atoms with Gasteiger partial charge in [-0.2, -0.15) is 0 Å². The molecule has 32 heavy (non-hydrogen) atoms. The Kier molecular flexibility index (Phi) is 18.5. The lowest BCUT2D eigenvalue weighted by atomic mass is 10.0. The molecule has 182 valence electrons. The Morgan fingerprint density at radius 2 is 1.25 bits per heavy atom. The van der Waals surface area contributed by atoms with Crippen molar-refractivity contribution < 1.29 is 23.8 Å². The van der Waals surface area contributed by atoms with Gasteiger partial charge in [-0.25, -0.2) is 0 Å². The normalized spacial score (nSPS) is 10.8. The number of carbonyl (C=O) groups is 2. The minimum absolute atomic E-state index is 0.136. The molecule has 0 aliphatic heterocycles. The lowest BCUT2D eigenvalue weighted by Gasteiger charge is -2.08. The maximum Gasteiger partial charge on any atom is 0.305 e. The molecule has 0 amide bonds. The Balaban J connectivity index is 1.79. The molecule has 1 aromatic rings. The fraction of sp³-hybridized carbons (Fsp3) is 0.704. The van der Waals surface area contributed by atoms with E-state index in [9.17, 15) is 9.59 Å². The minimum Gasteiger partial charge on any atom is -0.491 e. The summed E-state index contributed by atoms with van der Waals surface area (Å²) < 4.78 is 16.1. The molecule has 0 heterocycles. The third kappa shape index (κ3) is 16.8. The van der Waals surface area contributed by atoms with Crippen LogP contribution >= 0.6 is 0 Å². The summed E-state index contributed by atoms with van der Waals surface area (Å²) in [7, 11) is 0. The monoisotopic (exact) mass is 448 g/mol. The quantitative estimate of drug-likeness (QED) is 0.109. The van der Waals surface area contributed by atoms with Crippen LogP contribution in [-0.2, 0) is 14.3 Å². The molecule has 0 unspecified atom stereocenters. The van der Waals surface area contributed by atoms with E-state index in [0.29, 0.717) is 37.6 Å². The highest BCUT2D eigenvalue weighted by molar-refractivity contribution is 5.74. The largest absolute Gasteiger partial charge is 0.491 e. The van der Waals surface area contributed by atoms with Gasteiger partial charge in [-0.1, -0.05) is 84.0 Å². The van der Waals surface area contributed by atoms with E-state index in [1.807, 2.05) is 0 Å². The summed E-state index contributed by atoms with van der Waals surface area (Å²) in [6.07, 6.45) is 18.2. The van der Waals surface area contributed by atoms with E-state index < -0.39 is 0 Å². The van der Waals surface area contributed by atoms with Crippen LogP contribution in [0.1, 0.15) is 107 Å². The van der Waals surface area contributed by atoms with Crippen LogP contribution in [0.3, 0.4) is 0 Å². The van der Waals surface area contributed by atoms with Gasteiger partial charge in [-0.3, -0.25) is 9.59 Å². The second-order valence-corrected chi connectivity index (χ2v) is 8.36. The number of benzene rings is 1. The summed E-state index contributed by atoms with van der Waals surface area (Å²) in [6, 6.07) is 6.92. The van der Waals surface area contributed by atoms with E-state index in [1.54, 1.807) is 24.3 Å². The molecule has 0 atom stereocenters. The van der Waals surface area contributed by atoms with Gasteiger partial charge in [-0.15, -0.1) is 0 Å². The first-order valence-corrected chi connectivity index (χ1v) is 12.7. The number of hydrogen-bond donors (Lipinski definition) is 0. The van der Waals surface area contributed by atoms with Gasteiger partial charge in [0.1, 0.15) is 25.2 Å². The third-order valence-electron chi connectivity index (χ3n) is 5.49. The zero-order valence-electron chi connectivity index (χ0n) is 20.2. The summed E-state index contributed by atoms with van der Waals surface area (Å²) >= 11 is 0. The predicted octanol–water partition coefficient (Wildman–Crippen LogP) is 6.92. The molecule has 1 rings (SSSR count). The summed E-state index contributed by atoms with van der Waals surface area (Å²) in [5.41, 5.74) is 0.620. The van der Waals surface area contributed by atoms with Crippen molar-refractivity contribution in [2.75, 3.05) is 26.4 Å². The number of ether oxygens (including phenoxy) is 3. The van der Waals surface area contributed by atoms with Crippen LogP contribution in [0.5, 0.6) is 5.75 Å². The smallest absolute Gasteiger partial charge is 0.305 e. The first-order valence-electron chi connectivity index (χ1n) is 12.7. The molecule has 0 radical (unpaired) electrons. The Labute approximate surface area is 195 Å². The highest BCUT2D eigenvalue weighted by Gasteiger charge is 2.03. The molecule has 5 nitrogen and oxygen atoms in total. The van der Waals surface area contributed by atoms with Crippen LogP contribution in [0.25, 0.3) is 0 Å². The Hall–Kier alpha value is -1.88. The molecule has 0 aromatic heterocycles. The summed E-state index contributed by atoms with van der Waals surface area (Å²) in [5.74, 6) is 0.562. The molecule has 0 aliphatic rings. The van der Waals surface area contributed by atoms with Gasteiger partial charge in [0.05, 0.1) is 13.2 Å². The number of rotatable bonds is 22. The summed E-state index contributed by atoms with van der Waals surface area (Å²) in [6.45, 7) is 3.75. The van der Waals surface area contributed by atoms with E-state index in [0.717, 1.165) is 19.1 Å². The highest BCUT2D eigenvalue weighted by atomic mass is 16.6. The van der Waals surface area contributed by atoms with E-state index in [4.69, 9.17) is 14.2 Å². The maximum atomic E-state index is 11.7. The Morgan fingerprint density at radius 1 is 0.719 bits per heavy atom. The van der Waals surface area contributed by atoms with Crippen LogP contribution in [-0.4, -0.2) is 38.7 Å². The molecule has 0 spiro atoms. The Morgan fingerprint density at radius 3 is 1.81 bits per heavy atom. The number of aldehydes is 1. The molecule has 0 bridgehead atoms. The second-order valence-electron chi connectivity index (χ2n) is 8.36. The number of hydrogen-bond acceptors (Lipinski definition) is 5. The Bertz CT molecular complexity index is 570. The van der Waals surface area contributed by atoms with E-state index in [2.05, 4.69) is 6.92 Å². The van der Waals surface area contributed by atoms with Crippen molar-refractivity contribution in [3.8, 4) is 5.75 Å². The minimum atomic E-state index is -0.136. The fourth-order valence-electron chi connectivity index (χ4n) is 3.54.